The van der Waals surface area contributed by atoms with E-state index in [0.717, 1.165) is 23.2 Å². The van der Waals surface area contributed by atoms with E-state index in [1.165, 1.54) is 4.90 Å². The number of anilines is 1. The number of para-hydroxylation sites is 1. The molecule has 0 spiro atoms. The highest BCUT2D eigenvalue weighted by molar-refractivity contribution is 6.30. The number of carbonyl (C=O) groups is 2. The highest BCUT2D eigenvalue weighted by atomic mass is 35.5. The van der Waals surface area contributed by atoms with Crippen LogP contribution in [-0.4, -0.2) is 36.9 Å². The topological polar surface area (TPSA) is 66.0 Å². The largest absolute Gasteiger partial charge is 0.333 e. The van der Waals surface area contributed by atoms with Gasteiger partial charge in [-0.25, -0.2) is 0 Å². The lowest BCUT2D eigenvalue weighted by Gasteiger charge is -2.18. The number of hydrogen-bond acceptors (Lipinski definition) is 2. The first kappa shape index (κ1) is 20.9. The second-order valence-corrected chi connectivity index (χ2v) is 7.03. The van der Waals surface area contributed by atoms with Crippen LogP contribution in [0, 0.1) is 0 Å². The molecule has 27 heavy (non-hydrogen) atoms. The molecule has 3 N–H and O–H groups in total. The van der Waals surface area contributed by atoms with Gasteiger partial charge < -0.3 is 15.5 Å². The Bertz CT molecular complexity index is 777. The van der Waals surface area contributed by atoms with E-state index in [2.05, 4.69) is 5.32 Å². The molecule has 2 aromatic rings. The maximum Gasteiger partial charge on any atom is 0.277 e. The Labute approximate surface area is 165 Å². The van der Waals surface area contributed by atoms with Crippen LogP contribution < -0.4 is 10.6 Å². The van der Waals surface area contributed by atoms with Gasteiger partial charge in [-0.05, 0) is 37.1 Å². The molecule has 0 aliphatic rings. The molecule has 0 heterocycles. The van der Waals surface area contributed by atoms with Gasteiger partial charge in [0.15, 0.2) is 6.54 Å². The van der Waals surface area contributed by atoms with Crippen molar-refractivity contribution in [1.82, 2.24) is 4.90 Å². The number of nitrogens with two attached hydrogens (primary N) is 1. The second-order valence-electron chi connectivity index (χ2n) is 6.59. The molecular formula is C21H27ClN3O2+. The van der Waals surface area contributed by atoms with Gasteiger partial charge in [-0.15, -0.1) is 0 Å². The molecule has 2 aromatic carbocycles. The SMILES string of the molecule is CCc1ccccc1NC(=O)CN(C)C(=O)C[NH2+][C@@H](C)c1ccc(Cl)cc1. The number of nitrogens with zero attached hydrogens (tertiary/aromatic N) is 1. The zero-order valence-electron chi connectivity index (χ0n) is 16.0. The first-order valence-electron chi connectivity index (χ1n) is 9.11. The zero-order chi connectivity index (χ0) is 19.8. The monoisotopic (exact) mass is 388 g/mol. The molecule has 144 valence electrons. The highest BCUT2D eigenvalue weighted by Gasteiger charge is 2.17. The molecule has 0 radical (unpaired) electrons. The highest BCUT2D eigenvalue weighted by Crippen LogP contribution is 2.15. The number of aryl methyl sites for hydroxylation is 1. The van der Waals surface area contributed by atoms with Crippen LogP contribution in [0.25, 0.3) is 0 Å². The summed E-state index contributed by atoms with van der Waals surface area (Å²) in [7, 11) is 1.65. The Morgan fingerprint density at radius 1 is 1.15 bits per heavy atom. The predicted molar refractivity (Wildman–Crippen MR) is 109 cm³/mol. The van der Waals surface area contributed by atoms with Crippen molar-refractivity contribution in [2.24, 2.45) is 0 Å². The maximum absolute atomic E-state index is 12.3. The van der Waals surface area contributed by atoms with E-state index >= 15 is 0 Å². The fourth-order valence-corrected chi connectivity index (χ4v) is 2.91. The lowest BCUT2D eigenvalue weighted by molar-refractivity contribution is -0.683. The molecule has 2 amide bonds. The lowest BCUT2D eigenvalue weighted by Crippen LogP contribution is -2.87. The third kappa shape index (κ3) is 6.38. The molecule has 2 rings (SSSR count). The third-order valence-electron chi connectivity index (χ3n) is 4.52. The molecule has 0 aliphatic carbocycles. The first-order valence-corrected chi connectivity index (χ1v) is 9.49. The maximum atomic E-state index is 12.3. The first-order chi connectivity index (χ1) is 12.9. The Kier molecular flexibility index (Phi) is 7.82. The summed E-state index contributed by atoms with van der Waals surface area (Å²) in [5.41, 5.74) is 2.97. The molecule has 1 atom stereocenters. The van der Waals surface area contributed by atoms with Crippen LogP contribution in [0.4, 0.5) is 5.69 Å². The Morgan fingerprint density at radius 2 is 1.81 bits per heavy atom. The van der Waals surface area contributed by atoms with E-state index in [0.29, 0.717) is 5.02 Å². The van der Waals surface area contributed by atoms with Crippen molar-refractivity contribution in [3.8, 4) is 0 Å². The van der Waals surface area contributed by atoms with Gasteiger partial charge >= 0.3 is 0 Å². The Balaban J connectivity index is 1.82. The fourth-order valence-electron chi connectivity index (χ4n) is 2.78. The second kappa shape index (κ2) is 10.1. The van der Waals surface area contributed by atoms with E-state index in [9.17, 15) is 9.59 Å². The summed E-state index contributed by atoms with van der Waals surface area (Å²) in [4.78, 5) is 26.1. The number of amides is 2. The average molecular weight is 389 g/mol. The van der Waals surface area contributed by atoms with Crippen molar-refractivity contribution in [3.63, 3.8) is 0 Å². The van der Waals surface area contributed by atoms with Crippen molar-refractivity contribution in [1.29, 1.82) is 0 Å². The summed E-state index contributed by atoms with van der Waals surface area (Å²) in [6.45, 7) is 4.38. The van der Waals surface area contributed by atoms with Crippen molar-refractivity contribution in [2.45, 2.75) is 26.3 Å². The number of halogens is 1. The van der Waals surface area contributed by atoms with E-state index in [4.69, 9.17) is 11.6 Å². The van der Waals surface area contributed by atoms with Gasteiger partial charge in [-0.3, -0.25) is 9.59 Å². The molecule has 0 bridgehead atoms. The van der Waals surface area contributed by atoms with Crippen LogP contribution in [0.5, 0.6) is 0 Å². The smallest absolute Gasteiger partial charge is 0.277 e. The van der Waals surface area contributed by atoms with Crippen LogP contribution in [0.2, 0.25) is 5.02 Å². The number of nitrogens with one attached hydrogen (secondary N) is 1. The number of rotatable bonds is 8. The van der Waals surface area contributed by atoms with E-state index in [-0.39, 0.29) is 30.9 Å². The Hall–Kier alpha value is -2.37. The minimum Gasteiger partial charge on any atom is -0.333 e. The molecule has 0 fully saturated rings. The molecular weight excluding hydrogens is 362 g/mol. The predicted octanol–water partition coefficient (Wildman–Crippen LogP) is 2.62. The van der Waals surface area contributed by atoms with Gasteiger partial charge in [0, 0.05) is 23.3 Å². The quantitative estimate of drug-likeness (QED) is 0.730. The number of likely N-dealkylation sites (N-methyl/N-ethyl adjacent to an activating group) is 1. The molecule has 0 saturated heterocycles. The van der Waals surface area contributed by atoms with E-state index in [1.54, 1.807) is 7.05 Å². The van der Waals surface area contributed by atoms with Crippen LogP contribution in [0.1, 0.15) is 31.0 Å². The summed E-state index contributed by atoms with van der Waals surface area (Å²) < 4.78 is 0. The van der Waals surface area contributed by atoms with Crippen molar-refractivity contribution < 1.29 is 14.9 Å². The van der Waals surface area contributed by atoms with Gasteiger partial charge in [0.25, 0.3) is 5.91 Å². The Morgan fingerprint density at radius 3 is 2.48 bits per heavy atom. The van der Waals surface area contributed by atoms with Gasteiger partial charge in [0.1, 0.15) is 6.04 Å². The van der Waals surface area contributed by atoms with Crippen LogP contribution in [-0.2, 0) is 16.0 Å². The standard InChI is InChI=1S/C21H26ClN3O2/c1-4-16-7-5-6-8-19(16)24-20(26)14-25(3)21(27)13-23-15(2)17-9-11-18(22)12-10-17/h5-12,15,23H,4,13-14H2,1-3H3,(H,24,26)/p+1/t15-/m0/s1. The lowest BCUT2D eigenvalue weighted by atomic mass is 10.1. The van der Waals surface area contributed by atoms with Crippen molar-refractivity contribution in [2.75, 3.05) is 25.5 Å². The van der Waals surface area contributed by atoms with E-state index < -0.39 is 0 Å². The molecule has 0 unspecified atom stereocenters. The number of hydrogen-bond donors (Lipinski definition) is 2. The minimum atomic E-state index is -0.197. The van der Waals surface area contributed by atoms with Gasteiger partial charge in [0.2, 0.25) is 5.91 Å². The molecule has 5 nitrogen and oxygen atoms in total. The van der Waals surface area contributed by atoms with Crippen molar-refractivity contribution in [3.05, 3.63) is 64.7 Å². The van der Waals surface area contributed by atoms with Crippen LogP contribution in [0.15, 0.2) is 48.5 Å². The summed E-state index contributed by atoms with van der Waals surface area (Å²) in [6, 6.07) is 15.4. The average Bonchev–Trinajstić information content (AvgIpc) is 2.66. The molecule has 0 aliphatic heterocycles. The molecule has 0 aromatic heterocycles. The number of quaternary nitrogens is 1. The van der Waals surface area contributed by atoms with Crippen LogP contribution in [0.3, 0.4) is 0 Å². The number of benzene rings is 2. The van der Waals surface area contributed by atoms with Gasteiger partial charge in [-0.2, -0.15) is 0 Å². The molecule has 6 heteroatoms. The summed E-state index contributed by atoms with van der Waals surface area (Å²) >= 11 is 5.90. The van der Waals surface area contributed by atoms with Gasteiger partial charge in [0.05, 0.1) is 6.54 Å². The summed E-state index contributed by atoms with van der Waals surface area (Å²) in [5.74, 6) is -0.285. The van der Waals surface area contributed by atoms with E-state index in [1.807, 2.05) is 67.7 Å². The zero-order valence-corrected chi connectivity index (χ0v) is 16.8. The van der Waals surface area contributed by atoms with Gasteiger partial charge in [-0.1, -0.05) is 48.9 Å². The summed E-state index contributed by atoms with van der Waals surface area (Å²) in [5, 5.41) is 5.53. The summed E-state index contributed by atoms with van der Waals surface area (Å²) in [6.07, 6.45) is 0.836. The third-order valence-corrected chi connectivity index (χ3v) is 4.77. The van der Waals surface area contributed by atoms with Crippen molar-refractivity contribution >= 4 is 29.1 Å². The van der Waals surface area contributed by atoms with Crippen LogP contribution >= 0.6 is 11.6 Å². The molecule has 0 saturated carbocycles. The minimum absolute atomic E-state index is 0.0278. The fraction of sp³-hybridized carbons (Fsp3) is 0.333. The normalized spacial score (nSPS) is 11.7. The number of carbonyl (C=O) groups excluding carboxylic acids is 2.